The highest BCUT2D eigenvalue weighted by Gasteiger charge is 2.60. The minimum Gasteiger partial charge on any atom is -0.353 e. The third-order valence-corrected chi connectivity index (χ3v) is 5.26. The number of piperidine rings is 1. The first kappa shape index (κ1) is 18.4. The van der Waals surface area contributed by atoms with Gasteiger partial charge in [0.05, 0.1) is 0 Å². The molecule has 0 aromatic carbocycles. The van der Waals surface area contributed by atoms with Crippen molar-refractivity contribution in [3.8, 4) is 0 Å². The molecule has 3 nitrogen and oxygen atoms in total. The van der Waals surface area contributed by atoms with E-state index in [0.717, 1.165) is 0 Å². The Kier molecular flexibility index (Phi) is 5.23. The molecule has 0 spiro atoms. The van der Waals surface area contributed by atoms with Crippen molar-refractivity contribution in [1.29, 1.82) is 0 Å². The molecule has 1 saturated carbocycles. The summed E-state index contributed by atoms with van der Waals surface area (Å²) in [6, 6.07) is -0.535. The largest absolute Gasteiger partial charge is 0.403 e. The third-order valence-electron chi connectivity index (χ3n) is 5.26. The summed E-state index contributed by atoms with van der Waals surface area (Å²) in [6.45, 7) is 1.88. The monoisotopic (exact) mass is 342 g/mol. The molecule has 1 aliphatic heterocycles. The summed E-state index contributed by atoms with van der Waals surface area (Å²) >= 11 is 0. The molecule has 134 valence electrons. The van der Waals surface area contributed by atoms with Gasteiger partial charge in [0.25, 0.3) is 0 Å². The Balaban J connectivity index is 2.01. The molecule has 1 aliphatic carbocycles. The summed E-state index contributed by atoms with van der Waals surface area (Å²) in [5.41, 5.74) is -2.37. The first-order valence-electron chi connectivity index (χ1n) is 8.04. The Hall–Kier alpha value is -0.920. The smallest absolute Gasteiger partial charge is 0.353 e. The van der Waals surface area contributed by atoms with Gasteiger partial charge >= 0.3 is 6.18 Å². The van der Waals surface area contributed by atoms with Crippen LogP contribution in [0.5, 0.6) is 0 Å². The van der Waals surface area contributed by atoms with Crippen molar-refractivity contribution in [2.45, 2.75) is 63.6 Å². The summed E-state index contributed by atoms with van der Waals surface area (Å²) in [4.78, 5) is 12.3. The van der Waals surface area contributed by atoms with Crippen molar-refractivity contribution < 1.29 is 26.7 Å². The van der Waals surface area contributed by atoms with E-state index >= 15 is 0 Å². The summed E-state index contributed by atoms with van der Waals surface area (Å²) in [5, 5.41) is 5.29. The zero-order chi connectivity index (χ0) is 17.3. The Morgan fingerprint density at radius 1 is 1.13 bits per heavy atom. The van der Waals surface area contributed by atoms with Gasteiger partial charge < -0.3 is 10.6 Å². The molecule has 1 heterocycles. The van der Waals surface area contributed by atoms with Crippen molar-refractivity contribution in [2.24, 2.45) is 11.3 Å². The molecule has 1 saturated heterocycles. The molecule has 2 rings (SSSR count). The molecule has 8 heteroatoms. The van der Waals surface area contributed by atoms with Gasteiger partial charge in [0.2, 0.25) is 11.8 Å². The Labute approximate surface area is 132 Å². The zero-order valence-electron chi connectivity index (χ0n) is 13.1. The van der Waals surface area contributed by atoms with Crippen LogP contribution in [0.1, 0.15) is 45.4 Å². The minimum absolute atomic E-state index is 0.136. The number of carbonyl (C=O) groups excluding carboxylic acids is 1. The molecular weight excluding hydrogens is 319 g/mol. The molecule has 0 radical (unpaired) electrons. The highest BCUT2D eigenvalue weighted by Crippen LogP contribution is 2.45. The number of halogens is 5. The van der Waals surface area contributed by atoms with E-state index in [9.17, 15) is 26.7 Å². The van der Waals surface area contributed by atoms with Crippen LogP contribution in [0.2, 0.25) is 0 Å². The minimum atomic E-state index is -4.61. The molecule has 0 aromatic heterocycles. The maximum atomic E-state index is 13.5. The predicted octanol–water partition coefficient (Wildman–Crippen LogP) is 3.25. The lowest BCUT2D eigenvalue weighted by molar-refractivity contribution is -0.228. The van der Waals surface area contributed by atoms with Gasteiger partial charge in [0.1, 0.15) is 5.41 Å². The van der Waals surface area contributed by atoms with Crippen LogP contribution < -0.4 is 10.6 Å². The average Bonchev–Trinajstić information content (AvgIpc) is 2.46. The van der Waals surface area contributed by atoms with Crippen LogP contribution in [0, 0.1) is 11.3 Å². The van der Waals surface area contributed by atoms with E-state index in [1.54, 1.807) is 6.92 Å². The number of hydrogen-bond donors (Lipinski definition) is 2. The fraction of sp³-hybridized carbons (Fsp3) is 0.933. The van der Waals surface area contributed by atoms with Crippen molar-refractivity contribution in [1.82, 2.24) is 10.6 Å². The lowest BCUT2D eigenvalue weighted by Crippen LogP contribution is -2.57. The topological polar surface area (TPSA) is 41.1 Å². The Morgan fingerprint density at radius 3 is 2.13 bits per heavy atom. The number of alkyl halides is 5. The normalized spacial score (nSPS) is 26.5. The Bertz CT molecular complexity index is 422. The third kappa shape index (κ3) is 3.95. The molecule has 2 fully saturated rings. The van der Waals surface area contributed by atoms with Crippen molar-refractivity contribution in [2.75, 3.05) is 13.1 Å². The van der Waals surface area contributed by atoms with Crippen molar-refractivity contribution >= 4 is 5.91 Å². The van der Waals surface area contributed by atoms with Gasteiger partial charge in [-0.05, 0) is 51.6 Å². The fourth-order valence-electron chi connectivity index (χ4n) is 3.52. The van der Waals surface area contributed by atoms with E-state index in [1.165, 1.54) is 0 Å². The highest BCUT2D eigenvalue weighted by molar-refractivity contribution is 5.84. The molecule has 0 aromatic rings. The molecule has 1 amide bonds. The molecule has 2 N–H and O–H groups in total. The van der Waals surface area contributed by atoms with Gasteiger partial charge in [-0.15, -0.1) is 0 Å². The van der Waals surface area contributed by atoms with E-state index in [2.05, 4.69) is 10.6 Å². The maximum Gasteiger partial charge on any atom is 0.403 e. The van der Waals surface area contributed by atoms with E-state index in [0.29, 0.717) is 0 Å². The summed E-state index contributed by atoms with van der Waals surface area (Å²) < 4.78 is 66.7. The molecular formula is C15H23F5N2O. The molecule has 0 bridgehead atoms. The lowest BCUT2D eigenvalue weighted by atomic mass is 9.76. The van der Waals surface area contributed by atoms with Crippen molar-refractivity contribution in [3.05, 3.63) is 0 Å². The quantitative estimate of drug-likeness (QED) is 0.773. The van der Waals surface area contributed by atoms with E-state index < -0.39 is 29.5 Å². The zero-order valence-corrected chi connectivity index (χ0v) is 13.1. The van der Waals surface area contributed by atoms with Crippen LogP contribution in [-0.2, 0) is 4.79 Å². The lowest BCUT2D eigenvalue weighted by Gasteiger charge is -2.40. The number of carbonyl (C=O) groups is 1. The second-order valence-corrected chi connectivity index (χ2v) is 6.79. The van der Waals surface area contributed by atoms with Gasteiger partial charge in [-0.3, -0.25) is 4.79 Å². The molecule has 1 unspecified atom stereocenters. The number of hydrogen-bond acceptors (Lipinski definition) is 2. The van der Waals surface area contributed by atoms with Crippen LogP contribution in [0.25, 0.3) is 0 Å². The molecule has 2 aliphatic rings. The standard InChI is InChI=1S/C15H23F5N2O/c1-10(11-2-4-14(16,17)5-3-11)22-12(23)13(15(18,19)20)6-8-21-9-7-13/h10-11,21H,2-9H2,1H3,(H,22,23). The number of nitrogens with one attached hydrogen (secondary N) is 2. The van der Waals surface area contributed by atoms with Crippen molar-refractivity contribution in [3.63, 3.8) is 0 Å². The van der Waals surface area contributed by atoms with Gasteiger partial charge in [-0.2, -0.15) is 13.2 Å². The first-order chi connectivity index (χ1) is 10.6. The number of amides is 1. The van der Waals surface area contributed by atoms with E-state index in [-0.39, 0.29) is 57.5 Å². The van der Waals surface area contributed by atoms with Gasteiger partial charge in [-0.1, -0.05) is 0 Å². The van der Waals surface area contributed by atoms with Gasteiger partial charge in [0.15, 0.2) is 0 Å². The SMILES string of the molecule is CC(NC(=O)C1(C(F)(F)F)CCNCC1)C1CCC(F)(F)CC1. The van der Waals surface area contributed by atoms with E-state index in [1.807, 2.05) is 0 Å². The van der Waals surface area contributed by atoms with Crippen LogP contribution in [0.3, 0.4) is 0 Å². The first-order valence-corrected chi connectivity index (χ1v) is 8.04. The molecule has 23 heavy (non-hydrogen) atoms. The summed E-state index contributed by atoms with van der Waals surface area (Å²) in [6.07, 6.45) is -5.31. The van der Waals surface area contributed by atoms with Crippen LogP contribution in [-0.4, -0.2) is 37.1 Å². The second kappa shape index (κ2) is 6.53. The Morgan fingerprint density at radius 2 is 1.65 bits per heavy atom. The molecule has 1 atom stereocenters. The fourth-order valence-corrected chi connectivity index (χ4v) is 3.52. The maximum absolute atomic E-state index is 13.5. The highest BCUT2D eigenvalue weighted by atomic mass is 19.4. The number of rotatable bonds is 3. The second-order valence-electron chi connectivity index (χ2n) is 6.79. The van der Waals surface area contributed by atoms with Crippen LogP contribution in [0.4, 0.5) is 22.0 Å². The van der Waals surface area contributed by atoms with Crippen LogP contribution >= 0.6 is 0 Å². The average molecular weight is 342 g/mol. The van der Waals surface area contributed by atoms with E-state index in [4.69, 9.17) is 0 Å². The van der Waals surface area contributed by atoms with Crippen LogP contribution in [0.15, 0.2) is 0 Å². The summed E-state index contributed by atoms with van der Waals surface area (Å²) in [5.74, 6) is -3.91. The summed E-state index contributed by atoms with van der Waals surface area (Å²) in [7, 11) is 0. The van der Waals surface area contributed by atoms with Gasteiger partial charge in [0, 0.05) is 18.9 Å². The van der Waals surface area contributed by atoms with Gasteiger partial charge in [-0.25, -0.2) is 8.78 Å². The predicted molar refractivity (Wildman–Crippen MR) is 75.1 cm³/mol.